The number of β-lactam (4-membered cyclic amide) rings is 1. The molecule has 0 saturated carbocycles. The SMILES string of the molecule is CC(C)(C)OC(=O)NC(C(=O)NC1C(=O)N2C(C(=O)[O-])=C(C(CS(=O)(=O)[O-])Sc3nn[nH]n3)CS[C@@H]12)c1ccccc1.[Na+].[Na+]. The van der Waals surface area contributed by atoms with Crippen molar-refractivity contribution in [3.8, 4) is 0 Å². The minimum absolute atomic E-state index is 0. The first-order valence-corrected chi connectivity index (χ1v) is 15.7. The number of fused-ring (bicyclic) bond motifs is 1. The number of aromatic amines is 1. The zero-order chi connectivity index (χ0) is 30.8. The van der Waals surface area contributed by atoms with Crippen LogP contribution in [0, 0.1) is 0 Å². The Morgan fingerprint density at radius 3 is 2.43 bits per heavy atom. The number of carboxylic acid groups (broad SMARTS) is 1. The number of rotatable bonds is 10. The molecule has 1 aromatic carbocycles. The number of aliphatic carboxylic acids is 1. The molecule has 21 heteroatoms. The molecule has 1 aromatic heterocycles. The van der Waals surface area contributed by atoms with Gasteiger partial charge in [-0.1, -0.05) is 42.1 Å². The minimum Gasteiger partial charge on any atom is -0.748 e. The van der Waals surface area contributed by atoms with Gasteiger partial charge in [-0.2, -0.15) is 5.21 Å². The van der Waals surface area contributed by atoms with Gasteiger partial charge in [0.2, 0.25) is 11.1 Å². The number of carbonyl (C=O) groups excluding carboxylic acids is 4. The molecule has 1 fully saturated rings. The van der Waals surface area contributed by atoms with E-state index in [0.717, 1.165) is 16.7 Å². The molecule has 3 N–H and O–H groups in total. The van der Waals surface area contributed by atoms with E-state index in [4.69, 9.17) is 4.74 Å². The molecule has 0 bridgehead atoms. The zero-order valence-electron chi connectivity index (χ0n) is 24.3. The van der Waals surface area contributed by atoms with E-state index in [2.05, 4.69) is 31.3 Å². The van der Waals surface area contributed by atoms with Crippen LogP contribution in [-0.2, 0) is 29.2 Å². The number of thioether (sulfide) groups is 2. The monoisotopic (exact) mass is 685 g/mol. The fourth-order valence-corrected chi connectivity index (χ4v) is 7.85. The van der Waals surface area contributed by atoms with E-state index in [9.17, 15) is 37.3 Å². The summed E-state index contributed by atoms with van der Waals surface area (Å²) in [5.41, 5.74) is -1.11. The summed E-state index contributed by atoms with van der Waals surface area (Å²) in [6.07, 6.45) is -0.870. The number of hydrogen-bond donors (Lipinski definition) is 3. The van der Waals surface area contributed by atoms with E-state index in [1.54, 1.807) is 51.1 Å². The van der Waals surface area contributed by atoms with Crippen molar-refractivity contribution >= 4 is 57.5 Å². The number of aromatic nitrogens is 4. The molecule has 0 radical (unpaired) electrons. The smallest absolute Gasteiger partial charge is 0.748 e. The summed E-state index contributed by atoms with van der Waals surface area (Å²) in [5, 5.41) is 28.0. The van der Waals surface area contributed by atoms with Crippen LogP contribution in [0.4, 0.5) is 4.79 Å². The molecule has 2 aliphatic rings. The Labute approximate surface area is 305 Å². The molecule has 44 heavy (non-hydrogen) atoms. The number of H-pyrrole nitrogens is 1. The first-order valence-electron chi connectivity index (χ1n) is 12.2. The van der Waals surface area contributed by atoms with Crippen molar-refractivity contribution < 1.29 is 101 Å². The van der Waals surface area contributed by atoms with Gasteiger partial charge in [0.15, 0.2) is 0 Å². The summed E-state index contributed by atoms with van der Waals surface area (Å²) in [6.45, 7) is 4.96. The van der Waals surface area contributed by atoms with E-state index in [-0.39, 0.29) is 75.6 Å². The molecule has 3 unspecified atom stereocenters. The van der Waals surface area contributed by atoms with Crippen molar-refractivity contribution in [2.75, 3.05) is 11.5 Å². The Morgan fingerprint density at radius 1 is 1.23 bits per heavy atom. The molecule has 3 heterocycles. The van der Waals surface area contributed by atoms with Crippen LogP contribution in [0.3, 0.4) is 0 Å². The van der Waals surface area contributed by atoms with Crippen LogP contribution in [0.1, 0.15) is 32.4 Å². The van der Waals surface area contributed by atoms with Crippen LogP contribution in [-0.4, -0.2) is 96.1 Å². The number of benzene rings is 1. The molecular formula is C23H25N7Na2O9S3. The molecule has 2 aromatic rings. The van der Waals surface area contributed by atoms with E-state index in [0.29, 0.717) is 17.3 Å². The average Bonchev–Trinajstić information content (AvgIpc) is 3.40. The number of carboxylic acids is 1. The van der Waals surface area contributed by atoms with Crippen LogP contribution in [0.15, 0.2) is 46.8 Å². The van der Waals surface area contributed by atoms with Crippen LogP contribution in [0.2, 0.25) is 0 Å². The largest absolute Gasteiger partial charge is 1.00 e. The van der Waals surface area contributed by atoms with Crippen molar-refractivity contribution in [3.05, 3.63) is 47.2 Å². The fraction of sp³-hybridized carbons (Fsp3) is 0.435. The number of ether oxygens (including phenoxy) is 1. The summed E-state index contributed by atoms with van der Waals surface area (Å²) >= 11 is 1.73. The average molecular weight is 686 g/mol. The summed E-state index contributed by atoms with van der Waals surface area (Å²) in [5.74, 6) is -4.47. The van der Waals surface area contributed by atoms with Gasteiger partial charge in [-0.25, -0.2) is 13.2 Å². The Kier molecular flexibility index (Phi) is 13.8. The van der Waals surface area contributed by atoms with Crippen LogP contribution < -0.4 is 74.9 Å². The number of amides is 3. The van der Waals surface area contributed by atoms with E-state index >= 15 is 0 Å². The van der Waals surface area contributed by atoms with Gasteiger partial charge in [0.05, 0.1) is 27.5 Å². The Bertz CT molecular complexity index is 1510. The van der Waals surface area contributed by atoms with Gasteiger partial charge in [0.25, 0.3) is 5.91 Å². The predicted molar refractivity (Wildman–Crippen MR) is 144 cm³/mol. The number of tetrazole rings is 1. The van der Waals surface area contributed by atoms with Crippen LogP contribution >= 0.6 is 23.5 Å². The second kappa shape index (κ2) is 15.7. The Hall–Kier alpha value is -1.68. The standard InChI is InChI=1S/C23H27N7O9S3.2Na/c1-23(2,3)39-22(35)25-14(11-7-5-4-6-8-11)17(31)24-15-18(32)30-16(20(33)34)12(9-40-19(15)30)13(10-42(36,37)38)41-21-26-28-29-27-21;;/h4-8,13-15,19H,9-10H2,1-3H3,(H,24,31)(H,25,35)(H,33,34)(H,36,37,38)(H,26,27,28,29);;/q;2*+1/p-2/t13?,14?,15?,19-;;/m0../s1. The first-order chi connectivity index (χ1) is 19.6. The zero-order valence-corrected chi connectivity index (χ0v) is 30.7. The number of alkyl carbamates (subject to hydrolysis) is 1. The van der Waals surface area contributed by atoms with Crippen LogP contribution in [0.25, 0.3) is 0 Å². The molecule has 16 nitrogen and oxygen atoms in total. The Balaban J connectivity index is 0.00000337. The molecule has 2 aliphatic heterocycles. The molecule has 4 atom stereocenters. The quantitative estimate of drug-likeness (QED) is 0.0912. The van der Waals surface area contributed by atoms with Crippen LogP contribution in [0.5, 0.6) is 0 Å². The predicted octanol–water partition coefficient (Wildman–Crippen LogP) is -7.12. The first kappa shape index (κ1) is 38.5. The number of hydrogen-bond acceptors (Lipinski definition) is 14. The summed E-state index contributed by atoms with van der Waals surface area (Å²) in [6, 6.07) is 5.79. The normalized spacial score (nSPS) is 19.3. The van der Waals surface area contributed by atoms with Crippen molar-refractivity contribution in [2.45, 2.75) is 54.2 Å². The van der Waals surface area contributed by atoms with Crippen molar-refractivity contribution in [2.24, 2.45) is 0 Å². The van der Waals surface area contributed by atoms with Crippen molar-refractivity contribution in [1.82, 2.24) is 36.2 Å². The summed E-state index contributed by atoms with van der Waals surface area (Å²) in [4.78, 5) is 52.2. The third kappa shape index (κ3) is 9.66. The minimum atomic E-state index is -4.85. The van der Waals surface area contributed by atoms with Gasteiger partial charge >= 0.3 is 65.2 Å². The van der Waals surface area contributed by atoms with Gasteiger partial charge in [-0.15, -0.1) is 22.0 Å². The van der Waals surface area contributed by atoms with Crippen molar-refractivity contribution in [3.63, 3.8) is 0 Å². The molecule has 0 aliphatic carbocycles. The third-order valence-electron chi connectivity index (χ3n) is 5.86. The van der Waals surface area contributed by atoms with Gasteiger partial charge in [-0.3, -0.25) is 14.5 Å². The third-order valence-corrected chi connectivity index (χ3v) is 9.24. The molecule has 4 rings (SSSR count). The molecule has 0 spiro atoms. The second-order valence-electron chi connectivity index (χ2n) is 10.1. The van der Waals surface area contributed by atoms with E-state index in [1.807, 2.05) is 0 Å². The number of nitrogens with zero attached hydrogens (tertiary/aromatic N) is 4. The van der Waals surface area contributed by atoms with Gasteiger partial charge < -0.3 is 29.8 Å². The number of nitrogens with one attached hydrogen (secondary N) is 3. The van der Waals surface area contributed by atoms with Gasteiger partial charge in [0, 0.05) is 11.0 Å². The fourth-order valence-electron chi connectivity index (χ4n) is 4.21. The molecule has 1 saturated heterocycles. The number of carbonyl (C=O) groups is 4. The molecule has 226 valence electrons. The Morgan fingerprint density at radius 2 is 1.89 bits per heavy atom. The van der Waals surface area contributed by atoms with E-state index < -0.39 is 73.8 Å². The second-order valence-corrected chi connectivity index (χ2v) is 13.8. The van der Waals surface area contributed by atoms with E-state index in [1.165, 1.54) is 0 Å². The summed E-state index contributed by atoms with van der Waals surface area (Å²) in [7, 11) is -4.85. The maximum Gasteiger partial charge on any atom is 1.00 e. The van der Waals surface area contributed by atoms with Gasteiger partial charge in [-0.05, 0) is 37.1 Å². The molecule has 3 amide bonds. The van der Waals surface area contributed by atoms with Crippen molar-refractivity contribution in [1.29, 1.82) is 0 Å². The summed E-state index contributed by atoms with van der Waals surface area (Å²) < 4.78 is 40.2. The topological polar surface area (TPSA) is 240 Å². The molecular weight excluding hydrogens is 660 g/mol. The van der Waals surface area contributed by atoms with Gasteiger partial charge in [0.1, 0.15) is 23.1 Å². The maximum atomic E-state index is 13.4. The maximum absolute atomic E-state index is 13.4.